The predicted octanol–water partition coefficient (Wildman–Crippen LogP) is 4.19. The number of carbonyl (C=O) groups excluding carboxylic acids is 1. The third kappa shape index (κ3) is 3.74. The molecule has 0 radical (unpaired) electrons. The van der Waals surface area contributed by atoms with Crippen LogP contribution in [0.25, 0.3) is 21.3 Å². The van der Waals surface area contributed by atoms with Gasteiger partial charge in [0.25, 0.3) is 5.56 Å². The number of hydrogen-bond donors (Lipinski definition) is 1. The van der Waals surface area contributed by atoms with E-state index in [1.165, 1.54) is 34.2 Å². The first-order valence-corrected chi connectivity index (χ1v) is 10.7. The molecule has 1 fully saturated rings. The molecule has 0 bridgehead atoms. The lowest BCUT2D eigenvalue weighted by Gasteiger charge is -2.22. The van der Waals surface area contributed by atoms with Crippen molar-refractivity contribution < 1.29 is 4.79 Å². The molecule has 1 amide bonds. The van der Waals surface area contributed by atoms with Gasteiger partial charge >= 0.3 is 0 Å². The van der Waals surface area contributed by atoms with Gasteiger partial charge in [0.15, 0.2) is 0 Å². The van der Waals surface area contributed by atoms with Crippen molar-refractivity contribution in [3.63, 3.8) is 0 Å². The highest BCUT2D eigenvalue weighted by molar-refractivity contribution is 7.17. The third-order valence-electron chi connectivity index (χ3n) is 5.52. The number of fused-ring (bicyclic) bond motifs is 1. The van der Waals surface area contributed by atoms with Crippen LogP contribution in [-0.4, -0.2) is 21.5 Å². The van der Waals surface area contributed by atoms with Crippen molar-refractivity contribution in [2.75, 3.05) is 0 Å². The molecule has 0 unspecified atom stereocenters. The highest BCUT2D eigenvalue weighted by Crippen LogP contribution is 2.33. The van der Waals surface area contributed by atoms with Crippen LogP contribution in [0, 0.1) is 13.8 Å². The van der Waals surface area contributed by atoms with Crippen molar-refractivity contribution in [3.8, 4) is 11.1 Å². The Balaban J connectivity index is 1.64. The van der Waals surface area contributed by atoms with Crippen LogP contribution in [-0.2, 0) is 11.3 Å². The fourth-order valence-electron chi connectivity index (χ4n) is 4.07. The van der Waals surface area contributed by atoms with Gasteiger partial charge in [0, 0.05) is 17.0 Å². The van der Waals surface area contributed by atoms with Gasteiger partial charge in [-0.15, -0.1) is 11.3 Å². The number of carbonyl (C=O) groups is 1. The average molecular weight is 396 g/mol. The number of thiophene rings is 1. The number of aryl methyl sites for hydroxylation is 2. The van der Waals surface area contributed by atoms with Crippen molar-refractivity contribution in [1.82, 2.24) is 14.9 Å². The molecule has 3 aromatic rings. The molecule has 0 aliphatic heterocycles. The second kappa shape index (κ2) is 7.87. The Morgan fingerprint density at radius 1 is 1.21 bits per heavy atom. The zero-order valence-electron chi connectivity index (χ0n) is 16.3. The number of aromatic nitrogens is 2. The number of hydrogen-bond acceptors (Lipinski definition) is 4. The van der Waals surface area contributed by atoms with Crippen LogP contribution in [0.3, 0.4) is 0 Å². The number of amides is 1. The smallest absolute Gasteiger partial charge is 0.263 e. The van der Waals surface area contributed by atoms with Crippen LogP contribution in [0.1, 0.15) is 43.2 Å². The summed E-state index contributed by atoms with van der Waals surface area (Å²) in [6, 6.07) is 6.46. The summed E-state index contributed by atoms with van der Waals surface area (Å²) in [7, 11) is 0. The van der Waals surface area contributed by atoms with E-state index in [0.717, 1.165) is 42.4 Å². The molecule has 5 nitrogen and oxygen atoms in total. The van der Waals surface area contributed by atoms with Crippen LogP contribution in [0.4, 0.5) is 0 Å². The summed E-state index contributed by atoms with van der Waals surface area (Å²) in [6.45, 7) is 4.13. The van der Waals surface area contributed by atoms with Gasteiger partial charge in [-0.1, -0.05) is 43.0 Å². The van der Waals surface area contributed by atoms with E-state index in [0.29, 0.717) is 10.2 Å². The quantitative estimate of drug-likeness (QED) is 0.720. The highest BCUT2D eigenvalue weighted by Gasteiger charge is 2.18. The zero-order valence-corrected chi connectivity index (χ0v) is 17.1. The van der Waals surface area contributed by atoms with Crippen molar-refractivity contribution in [2.45, 2.75) is 58.5 Å². The van der Waals surface area contributed by atoms with Crippen LogP contribution >= 0.6 is 11.3 Å². The lowest BCUT2D eigenvalue weighted by Crippen LogP contribution is -2.39. The summed E-state index contributed by atoms with van der Waals surface area (Å²) < 4.78 is 1.43. The average Bonchev–Trinajstić information content (AvgIpc) is 3.09. The van der Waals surface area contributed by atoms with E-state index in [-0.39, 0.29) is 24.1 Å². The van der Waals surface area contributed by atoms with E-state index in [2.05, 4.69) is 42.3 Å². The monoisotopic (exact) mass is 395 g/mol. The molecule has 2 aromatic heterocycles. The molecular weight excluding hydrogens is 370 g/mol. The van der Waals surface area contributed by atoms with Gasteiger partial charge in [0.2, 0.25) is 5.91 Å². The molecule has 1 aliphatic carbocycles. The third-order valence-corrected chi connectivity index (χ3v) is 6.40. The van der Waals surface area contributed by atoms with Gasteiger partial charge in [-0.25, -0.2) is 4.98 Å². The Morgan fingerprint density at radius 3 is 2.75 bits per heavy atom. The topological polar surface area (TPSA) is 64.0 Å². The normalized spacial score (nSPS) is 15.1. The predicted molar refractivity (Wildman–Crippen MR) is 114 cm³/mol. The first-order chi connectivity index (χ1) is 13.5. The minimum atomic E-state index is -0.153. The van der Waals surface area contributed by atoms with Gasteiger partial charge < -0.3 is 5.32 Å². The molecule has 0 saturated heterocycles. The maximum absolute atomic E-state index is 13.1. The van der Waals surface area contributed by atoms with E-state index in [4.69, 9.17) is 0 Å². The number of benzene rings is 1. The largest absolute Gasteiger partial charge is 0.352 e. The zero-order chi connectivity index (χ0) is 19.7. The maximum Gasteiger partial charge on any atom is 0.263 e. The minimum Gasteiger partial charge on any atom is -0.352 e. The molecule has 6 heteroatoms. The Bertz CT molecular complexity index is 1080. The SMILES string of the molecule is Cc1ccc(-c2csc3ncn(CC(=O)NC4CCCCC4)c(=O)c23)c(C)c1. The van der Waals surface area contributed by atoms with Gasteiger partial charge in [-0.05, 0) is 37.8 Å². The molecular formula is C22H25N3O2S. The van der Waals surface area contributed by atoms with E-state index >= 15 is 0 Å². The molecule has 0 atom stereocenters. The van der Waals surface area contributed by atoms with Crippen LogP contribution in [0.2, 0.25) is 0 Å². The summed E-state index contributed by atoms with van der Waals surface area (Å²) in [6.07, 6.45) is 7.11. The van der Waals surface area contributed by atoms with Gasteiger partial charge in [-0.3, -0.25) is 14.2 Å². The first-order valence-electron chi connectivity index (χ1n) is 9.86. The molecule has 1 aromatic carbocycles. The fraction of sp³-hybridized carbons (Fsp3) is 0.409. The van der Waals surface area contributed by atoms with E-state index in [9.17, 15) is 9.59 Å². The van der Waals surface area contributed by atoms with Gasteiger partial charge in [-0.2, -0.15) is 0 Å². The van der Waals surface area contributed by atoms with Gasteiger partial charge in [0.1, 0.15) is 11.4 Å². The van der Waals surface area contributed by atoms with E-state index in [1.807, 2.05) is 5.38 Å². The summed E-state index contributed by atoms with van der Waals surface area (Å²) in [5.74, 6) is -0.113. The Kier molecular flexibility index (Phi) is 5.31. The van der Waals surface area contributed by atoms with E-state index < -0.39 is 0 Å². The van der Waals surface area contributed by atoms with Crippen molar-refractivity contribution in [3.05, 3.63) is 51.4 Å². The van der Waals surface area contributed by atoms with Crippen LogP contribution < -0.4 is 10.9 Å². The summed E-state index contributed by atoms with van der Waals surface area (Å²) in [5.41, 5.74) is 4.11. The van der Waals surface area contributed by atoms with Crippen molar-refractivity contribution in [1.29, 1.82) is 0 Å². The standard InChI is InChI=1S/C22H25N3O2S/c1-14-8-9-17(15(2)10-14)18-12-28-21-20(18)22(27)25(13-23-21)11-19(26)24-16-6-4-3-5-7-16/h8-10,12-13,16H,3-7,11H2,1-2H3,(H,24,26). The molecule has 0 spiro atoms. The summed E-state index contributed by atoms with van der Waals surface area (Å²) in [4.78, 5) is 30.7. The van der Waals surface area contributed by atoms with Crippen molar-refractivity contribution in [2.24, 2.45) is 0 Å². The Labute approximate surface area is 168 Å². The Hall–Kier alpha value is -2.47. The molecule has 146 valence electrons. The molecule has 28 heavy (non-hydrogen) atoms. The summed E-state index contributed by atoms with van der Waals surface area (Å²) in [5, 5.41) is 5.67. The number of nitrogens with zero attached hydrogens (tertiary/aromatic N) is 2. The first kappa shape index (κ1) is 18.9. The second-order valence-electron chi connectivity index (χ2n) is 7.73. The maximum atomic E-state index is 13.1. The number of rotatable bonds is 4. The van der Waals surface area contributed by atoms with Crippen LogP contribution in [0.5, 0.6) is 0 Å². The van der Waals surface area contributed by atoms with Crippen molar-refractivity contribution >= 4 is 27.5 Å². The van der Waals surface area contributed by atoms with Gasteiger partial charge in [0.05, 0.1) is 11.7 Å². The molecule has 2 heterocycles. The molecule has 1 saturated carbocycles. The Morgan fingerprint density at radius 2 is 2.00 bits per heavy atom. The second-order valence-corrected chi connectivity index (χ2v) is 8.59. The molecule has 1 N–H and O–H groups in total. The minimum absolute atomic E-state index is 0.0143. The number of nitrogens with one attached hydrogen (secondary N) is 1. The summed E-state index contributed by atoms with van der Waals surface area (Å²) >= 11 is 1.47. The fourth-order valence-corrected chi connectivity index (χ4v) is 4.97. The van der Waals surface area contributed by atoms with Crippen LogP contribution in [0.15, 0.2) is 34.7 Å². The van der Waals surface area contributed by atoms with E-state index in [1.54, 1.807) is 0 Å². The lowest BCUT2D eigenvalue weighted by atomic mass is 9.95. The highest BCUT2D eigenvalue weighted by atomic mass is 32.1. The molecule has 4 rings (SSSR count). The lowest BCUT2D eigenvalue weighted by molar-refractivity contribution is -0.122. The molecule has 1 aliphatic rings.